The van der Waals surface area contributed by atoms with Gasteiger partial charge >= 0.3 is 6.03 Å². The Balaban J connectivity index is 1.73. The zero-order valence-electron chi connectivity index (χ0n) is 12.4. The molecule has 1 saturated heterocycles. The Morgan fingerprint density at radius 1 is 1.42 bits per heavy atom. The van der Waals surface area contributed by atoms with E-state index in [0.717, 1.165) is 32.7 Å². The molecular weight excluding hydrogens is 240 g/mol. The highest BCUT2D eigenvalue weighted by Crippen LogP contribution is 2.40. The van der Waals surface area contributed by atoms with E-state index in [1.165, 1.54) is 32.1 Å². The minimum atomic E-state index is 0.0756. The van der Waals surface area contributed by atoms with Crippen LogP contribution in [-0.4, -0.2) is 44.3 Å². The molecule has 4 heteroatoms. The van der Waals surface area contributed by atoms with E-state index < -0.39 is 0 Å². The van der Waals surface area contributed by atoms with Crippen molar-refractivity contribution in [3.63, 3.8) is 0 Å². The zero-order chi connectivity index (χ0) is 13.7. The molecule has 4 nitrogen and oxygen atoms in total. The number of hydrogen-bond acceptors (Lipinski definition) is 2. The zero-order valence-corrected chi connectivity index (χ0v) is 12.4. The molecule has 1 aliphatic heterocycles. The minimum absolute atomic E-state index is 0.0756. The van der Waals surface area contributed by atoms with Crippen molar-refractivity contribution in [3.8, 4) is 0 Å². The Kier molecular flexibility index (Phi) is 5.08. The van der Waals surface area contributed by atoms with Crippen LogP contribution in [0.1, 0.15) is 45.4 Å². The van der Waals surface area contributed by atoms with Gasteiger partial charge in [-0.3, -0.25) is 0 Å². The summed E-state index contributed by atoms with van der Waals surface area (Å²) in [5.74, 6) is 0.516. The number of carbonyl (C=O) groups excluding carboxylic acids is 1. The molecule has 1 saturated carbocycles. The highest BCUT2D eigenvalue weighted by molar-refractivity contribution is 5.73. The molecule has 1 heterocycles. The van der Waals surface area contributed by atoms with Gasteiger partial charge in [-0.15, -0.1) is 0 Å². The van der Waals surface area contributed by atoms with Gasteiger partial charge in [0.1, 0.15) is 0 Å². The third-order valence-electron chi connectivity index (χ3n) is 4.93. The average molecular weight is 268 g/mol. The van der Waals surface area contributed by atoms with Crippen molar-refractivity contribution in [2.75, 3.05) is 33.4 Å². The van der Waals surface area contributed by atoms with Crippen molar-refractivity contribution in [1.82, 2.24) is 10.2 Å². The predicted octanol–water partition coefficient (Wildman–Crippen LogP) is 2.63. The van der Waals surface area contributed by atoms with Crippen molar-refractivity contribution in [3.05, 3.63) is 0 Å². The van der Waals surface area contributed by atoms with E-state index >= 15 is 0 Å². The van der Waals surface area contributed by atoms with Gasteiger partial charge in [0.25, 0.3) is 0 Å². The molecule has 0 aromatic heterocycles. The lowest BCUT2D eigenvalue weighted by molar-refractivity contribution is 0.168. The summed E-state index contributed by atoms with van der Waals surface area (Å²) in [4.78, 5) is 13.9. The lowest BCUT2D eigenvalue weighted by Gasteiger charge is -2.29. The van der Waals surface area contributed by atoms with Gasteiger partial charge in [-0.25, -0.2) is 4.79 Å². The summed E-state index contributed by atoms with van der Waals surface area (Å²) < 4.78 is 5.35. The summed E-state index contributed by atoms with van der Waals surface area (Å²) >= 11 is 0. The molecule has 0 aromatic carbocycles. The minimum Gasteiger partial charge on any atom is -0.381 e. The molecule has 19 heavy (non-hydrogen) atoms. The Morgan fingerprint density at radius 2 is 2.16 bits per heavy atom. The fraction of sp³-hybridized carbons (Fsp3) is 0.933. The van der Waals surface area contributed by atoms with Crippen LogP contribution in [0.4, 0.5) is 4.79 Å². The van der Waals surface area contributed by atoms with Crippen molar-refractivity contribution in [2.24, 2.45) is 11.3 Å². The van der Waals surface area contributed by atoms with Crippen molar-refractivity contribution < 1.29 is 9.53 Å². The predicted molar refractivity (Wildman–Crippen MR) is 76.1 cm³/mol. The second-order valence-electron chi connectivity index (χ2n) is 6.33. The number of carbonyl (C=O) groups is 1. The van der Waals surface area contributed by atoms with E-state index in [9.17, 15) is 4.79 Å². The normalized spacial score (nSPS) is 25.5. The van der Waals surface area contributed by atoms with Gasteiger partial charge in [-0.1, -0.05) is 19.8 Å². The van der Waals surface area contributed by atoms with Crippen molar-refractivity contribution in [2.45, 2.75) is 45.4 Å². The number of ether oxygens (including phenoxy) is 1. The van der Waals surface area contributed by atoms with E-state index in [0.29, 0.717) is 11.3 Å². The molecule has 0 bridgehead atoms. The van der Waals surface area contributed by atoms with Crippen LogP contribution in [0.2, 0.25) is 0 Å². The van der Waals surface area contributed by atoms with Crippen LogP contribution in [0.15, 0.2) is 0 Å². The van der Waals surface area contributed by atoms with Crippen LogP contribution in [0.3, 0.4) is 0 Å². The van der Waals surface area contributed by atoms with Crippen LogP contribution in [0, 0.1) is 11.3 Å². The SMILES string of the molecule is CCC1(CNC(=O)N(C)C[C@@H]2CCOC2)CCCC1. The molecule has 2 rings (SSSR count). The molecule has 2 aliphatic rings. The van der Waals surface area contributed by atoms with Crippen molar-refractivity contribution in [1.29, 1.82) is 0 Å². The van der Waals surface area contributed by atoms with E-state index in [-0.39, 0.29) is 6.03 Å². The largest absolute Gasteiger partial charge is 0.381 e. The fourth-order valence-electron chi connectivity index (χ4n) is 3.38. The maximum absolute atomic E-state index is 12.1. The molecule has 2 fully saturated rings. The molecule has 1 aliphatic carbocycles. The molecule has 1 N–H and O–H groups in total. The lowest BCUT2D eigenvalue weighted by Crippen LogP contribution is -2.44. The lowest BCUT2D eigenvalue weighted by atomic mass is 9.83. The maximum atomic E-state index is 12.1. The summed E-state index contributed by atoms with van der Waals surface area (Å²) in [5, 5.41) is 3.14. The van der Waals surface area contributed by atoms with E-state index in [4.69, 9.17) is 4.74 Å². The number of nitrogens with one attached hydrogen (secondary N) is 1. The highest BCUT2D eigenvalue weighted by Gasteiger charge is 2.32. The number of nitrogens with zero attached hydrogens (tertiary/aromatic N) is 1. The fourth-order valence-corrected chi connectivity index (χ4v) is 3.38. The van der Waals surface area contributed by atoms with Gasteiger partial charge in [-0.05, 0) is 31.1 Å². The van der Waals surface area contributed by atoms with Crippen LogP contribution in [-0.2, 0) is 4.74 Å². The molecule has 0 aromatic rings. The van der Waals surface area contributed by atoms with Gasteiger partial charge < -0.3 is 15.0 Å². The quantitative estimate of drug-likeness (QED) is 0.833. The van der Waals surface area contributed by atoms with Crippen molar-refractivity contribution >= 4 is 6.03 Å². The molecule has 1 atom stereocenters. The summed E-state index contributed by atoms with van der Waals surface area (Å²) in [5.41, 5.74) is 0.368. The van der Waals surface area contributed by atoms with E-state index in [2.05, 4.69) is 12.2 Å². The van der Waals surface area contributed by atoms with Crippen LogP contribution in [0.25, 0.3) is 0 Å². The van der Waals surface area contributed by atoms with Gasteiger partial charge in [0.2, 0.25) is 0 Å². The number of rotatable bonds is 5. The summed E-state index contributed by atoms with van der Waals surface area (Å²) in [6.07, 6.45) is 7.43. The smallest absolute Gasteiger partial charge is 0.317 e. The molecule has 2 amide bonds. The first-order chi connectivity index (χ1) is 9.15. The summed E-state index contributed by atoms with van der Waals surface area (Å²) in [6.45, 7) is 5.55. The summed E-state index contributed by atoms with van der Waals surface area (Å²) in [7, 11) is 1.89. The second-order valence-corrected chi connectivity index (χ2v) is 6.33. The Bertz CT molecular complexity index is 295. The molecule has 110 valence electrons. The Hall–Kier alpha value is -0.770. The first-order valence-corrected chi connectivity index (χ1v) is 7.72. The van der Waals surface area contributed by atoms with E-state index in [1.807, 2.05) is 11.9 Å². The van der Waals surface area contributed by atoms with Crippen LogP contribution in [0.5, 0.6) is 0 Å². The first kappa shape index (κ1) is 14.6. The topological polar surface area (TPSA) is 41.6 Å². The van der Waals surface area contributed by atoms with Gasteiger partial charge in [0, 0.05) is 32.7 Å². The maximum Gasteiger partial charge on any atom is 0.317 e. The molecule has 0 spiro atoms. The Labute approximate surface area is 116 Å². The summed E-state index contributed by atoms with van der Waals surface area (Å²) in [6, 6.07) is 0.0756. The Morgan fingerprint density at radius 3 is 2.74 bits per heavy atom. The van der Waals surface area contributed by atoms with Gasteiger partial charge in [-0.2, -0.15) is 0 Å². The molecule has 0 unspecified atom stereocenters. The second kappa shape index (κ2) is 6.60. The molecule has 0 radical (unpaired) electrons. The van der Waals surface area contributed by atoms with Gasteiger partial charge in [0.15, 0.2) is 0 Å². The number of urea groups is 1. The highest BCUT2D eigenvalue weighted by atomic mass is 16.5. The molecular formula is C15H28N2O2. The first-order valence-electron chi connectivity index (χ1n) is 7.72. The van der Waals surface area contributed by atoms with Gasteiger partial charge in [0.05, 0.1) is 6.61 Å². The van der Waals surface area contributed by atoms with Crippen LogP contribution < -0.4 is 5.32 Å². The average Bonchev–Trinajstić information content (AvgIpc) is 3.07. The van der Waals surface area contributed by atoms with Crippen LogP contribution >= 0.6 is 0 Å². The third-order valence-corrected chi connectivity index (χ3v) is 4.93. The number of hydrogen-bond donors (Lipinski definition) is 1. The monoisotopic (exact) mass is 268 g/mol. The number of amides is 2. The third kappa shape index (κ3) is 3.85. The van der Waals surface area contributed by atoms with E-state index in [1.54, 1.807) is 0 Å². The standard InChI is InChI=1S/C15H28N2O2/c1-3-15(7-4-5-8-15)12-16-14(18)17(2)10-13-6-9-19-11-13/h13H,3-12H2,1-2H3,(H,16,18)/t13-/m0/s1.